The van der Waals surface area contributed by atoms with Crippen molar-refractivity contribution in [2.24, 2.45) is 0 Å². The van der Waals surface area contributed by atoms with E-state index in [1.54, 1.807) is 24.3 Å². The van der Waals surface area contributed by atoms with Crippen molar-refractivity contribution in [2.75, 3.05) is 20.6 Å². The van der Waals surface area contributed by atoms with Crippen LogP contribution < -0.4 is 10.0 Å². The Hall–Kier alpha value is -3.01. The number of rotatable bonds is 9. The largest absolute Gasteiger partial charge is 0.468 e. The van der Waals surface area contributed by atoms with Gasteiger partial charge in [0.2, 0.25) is 10.0 Å². The Morgan fingerprint density at radius 2 is 1.84 bits per heavy atom. The third-order valence-electron chi connectivity index (χ3n) is 4.76. The Balaban J connectivity index is 1.63. The fraction of sp³-hybridized carbons (Fsp3) is 0.227. The molecule has 1 atom stereocenters. The van der Waals surface area contributed by atoms with Crippen molar-refractivity contribution in [1.82, 2.24) is 14.9 Å². The summed E-state index contributed by atoms with van der Waals surface area (Å²) in [6.45, 7) is 0.295. The van der Waals surface area contributed by atoms with Crippen molar-refractivity contribution < 1.29 is 22.0 Å². The van der Waals surface area contributed by atoms with E-state index in [1.807, 2.05) is 19.0 Å². The summed E-state index contributed by atoms with van der Waals surface area (Å²) in [6, 6.07) is 15.0. The van der Waals surface area contributed by atoms with E-state index in [0.29, 0.717) is 11.3 Å². The molecule has 0 radical (unpaired) electrons. The van der Waals surface area contributed by atoms with E-state index in [-0.39, 0.29) is 35.8 Å². The normalized spacial score (nSPS) is 12.6. The zero-order chi connectivity index (χ0) is 22.4. The molecule has 0 aliphatic rings. The number of benzene rings is 2. The molecule has 1 heterocycles. The summed E-state index contributed by atoms with van der Waals surface area (Å²) >= 11 is 0. The van der Waals surface area contributed by atoms with Crippen LogP contribution >= 0.6 is 0 Å². The van der Waals surface area contributed by atoms with Crippen molar-refractivity contribution in [3.63, 3.8) is 0 Å². The zero-order valence-electron chi connectivity index (χ0n) is 17.2. The number of halogens is 1. The highest BCUT2D eigenvalue weighted by molar-refractivity contribution is 7.89. The first-order valence-corrected chi connectivity index (χ1v) is 11.1. The first-order chi connectivity index (χ1) is 14.8. The van der Waals surface area contributed by atoms with Crippen LogP contribution in [0.3, 0.4) is 0 Å². The number of carbonyl (C=O) groups excluding carboxylic acids is 1. The minimum Gasteiger partial charge on any atom is -0.468 e. The van der Waals surface area contributed by atoms with Gasteiger partial charge in [0.05, 0.1) is 23.7 Å². The number of hydrogen-bond acceptors (Lipinski definition) is 5. The number of furan rings is 1. The molecular formula is C22H24FN3O4S. The van der Waals surface area contributed by atoms with Crippen molar-refractivity contribution >= 4 is 15.9 Å². The summed E-state index contributed by atoms with van der Waals surface area (Å²) in [6.07, 6.45) is 1.46. The molecule has 0 aliphatic heterocycles. The Kier molecular flexibility index (Phi) is 7.21. The van der Waals surface area contributed by atoms with Crippen molar-refractivity contribution in [3.8, 4) is 0 Å². The Morgan fingerprint density at radius 3 is 2.45 bits per heavy atom. The molecule has 0 spiro atoms. The molecule has 7 nitrogen and oxygen atoms in total. The van der Waals surface area contributed by atoms with E-state index in [2.05, 4.69) is 10.0 Å². The van der Waals surface area contributed by atoms with Crippen LogP contribution in [0.1, 0.15) is 27.7 Å². The average Bonchev–Trinajstić information content (AvgIpc) is 3.26. The van der Waals surface area contributed by atoms with Crippen LogP contribution in [0.15, 0.2) is 76.2 Å². The third-order valence-corrected chi connectivity index (χ3v) is 6.17. The fourth-order valence-electron chi connectivity index (χ4n) is 3.05. The number of hydrogen-bond donors (Lipinski definition) is 2. The van der Waals surface area contributed by atoms with Gasteiger partial charge in [-0.1, -0.05) is 12.1 Å². The molecule has 9 heteroatoms. The number of amides is 1. The van der Waals surface area contributed by atoms with E-state index in [9.17, 15) is 17.6 Å². The minimum absolute atomic E-state index is 0.0313. The number of nitrogens with zero attached hydrogens (tertiary/aromatic N) is 1. The Labute approximate surface area is 180 Å². The van der Waals surface area contributed by atoms with Crippen LogP contribution in [0.4, 0.5) is 4.39 Å². The van der Waals surface area contributed by atoms with Crippen molar-refractivity contribution in [1.29, 1.82) is 0 Å². The van der Waals surface area contributed by atoms with Crippen LogP contribution in [0.2, 0.25) is 0 Å². The smallest absolute Gasteiger partial charge is 0.251 e. The molecule has 0 bridgehead atoms. The molecule has 3 aromatic rings. The lowest BCUT2D eigenvalue weighted by molar-refractivity contribution is 0.0942. The third kappa shape index (κ3) is 6.00. The highest BCUT2D eigenvalue weighted by atomic mass is 32.2. The number of nitrogens with one attached hydrogen (secondary N) is 2. The van der Waals surface area contributed by atoms with Gasteiger partial charge in [-0.25, -0.2) is 17.5 Å². The lowest BCUT2D eigenvalue weighted by atomic mass is 10.1. The quantitative estimate of drug-likeness (QED) is 0.528. The van der Waals surface area contributed by atoms with Crippen molar-refractivity contribution in [2.45, 2.75) is 17.5 Å². The fourth-order valence-corrected chi connectivity index (χ4v) is 4.05. The van der Waals surface area contributed by atoms with E-state index in [1.165, 1.54) is 42.7 Å². The van der Waals surface area contributed by atoms with E-state index in [0.717, 1.165) is 5.56 Å². The Morgan fingerprint density at radius 1 is 1.10 bits per heavy atom. The van der Waals surface area contributed by atoms with Crippen LogP contribution in [0.25, 0.3) is 0 Å². The van der Waals surface area contributed by atoms with E-state index in [4.69, 9.17) is 4.42 Å². The summed E-state index contributed by atoms with van der Waals surface area (Å²) in [7, 11) is -0.0511. The molecule has 0 aliphatic carbocycles. The second kappa shape index (κ2) is 9.86. The maximum atomic E-state index is 13.6. The van der Waals surface area contributed by atoms with Gasteiger partial charge in [0.15, 0.2) is 0 Å². The standard InChI is InChI=1S/C22H24FN3O4S/c1-26(2)21(17-5-3-6-18(23)13-17)15-24-22(27)16-8-10-20(11-9-16)31(28,29)25-14-19-7-4-12-30-19/h3-13,21,25H,14-15H2,1-2H3,(H,24,27)/t21-/m1/s1. The maximum Gasteiger partial charge on any atom is 0.251 e. The topological polar surface area (TPSA) is 91.7 Å². The second-order valence-corrected chi connectivity index (χ2v) is 8.94. The summed E-state index contributed by atoms with van der Waals surface area (Å²) in [5.41, 5.74) is 1.07. The lowest BCUT2D eigenvalue weighted by Gasteiger charge is -2.25. The molecule has 0 fully saturated rings. The molecular weight excluding hydrogens is 421 g/mol. The van der Waals surface area contributed by atoms with Gasteiger partial charge in [0.1, 0.15) is 11.6 Å². The van der Waals surface area contributed by atoms with Gasteiger partial charge in [0.25, 0.3) is 5.91 Å². The van der Waals surface area contributed by atoms with E-state index >= 15 is 0 Å². The molecule has 1 amide bonds. The van der Waals surface area contributed by atoms with Crippen LogP contribution in [-0.2, 0) is 16.6 Å². The molecule has 31 heavy (non-hydrogen) atoms. The van der Waals surface area contributed by atoms with Crippen LogP contribution in [-0.4, -0.2) is 39.9 Å². The van der Waals surface area contributed by atoms with Gasteiger partial charge in [-0.2, -0.15) is 0 Å². The zero-order valence-corrected chi connectivity index (χ0v) is 18.0. The number of carbonyl (C=O) groups is 1. The lowest BCUT2D eigenvalue weighted by Crippen LogP contribution is -2.34. The number of likely N-dealkylation sites (N-methyl/N-ethyl adjacent to an activating group) is 1. The molecule has 0 saturated heterocycles. The average molecular weight is 446 g/mol. The Bertz CT molecular complexity index is 1110. The predicted octanol–water partition coefficient (Wildman–Crippen LogP) is 2.93. The summed E-state index contributed by atoms with van der Waals surface area (Å²) in [5.74, 6) is -0.197. The molecule has 1 aromatic heterocycles. The van der Waals surface area contributed by atoms with Gasteiger partial charge in [-0.05, 0) is 68.2 Å². The van der Waals surface area contributed by atoms with Gasteiger partial charge < -0.3 is 14.6 Å². The first-order valence-electron chi connectivity index (χ1n) is 9.58. The highest BCUT2D eigenvalue weighted by Crippen LogP contribution is 2.19. The van der Waals surface area contributed by atoms with Crippen LogP contribution in [0.5, 0.6) is 0 Å². The molecule has 3 rings (SSSR count). The van der Waals surface area contributed by atoms with Crippen molar-refractivity contribution in [3.05, 3.63) is 89.6 Å². The molecule has 2 aromatic carbocycles. The summed E-state index contributed by atoms with van der Waals surface area (Å²) < 4.78 is 45.9. The second-order valence-electron chi connectivity index (χ2n) is 7.17. The van der Waals surface area contributed by atoms with Gasteiger partial charge in [0, 0.05) is 12.1 Å². The molecule has 0 saturated carbocycles. The molecule has 0 unspecified atom stereocenters. The maximum absolute atomic E-state index is 13.6. The first kappa shape index (κ1) is 22.7. The molecule has 2 N–H and O–H groups in total. The molecule has 164 valence electrons. The number of sulfonamides is 1. The van der Waals surface area contributed by atoms with Gasteiger partial charge >= 0.3 is 0 Å². The van der Waals surface area contributed by atoms with Gasteiger partial charge in [-0.15, -0.1) is 0 Å². The van der Waals surface area contributed by atoms with E-state index < -0.39 is 10.0 Å². The van der Waals surface area contributed by atoms with Gasteiger partial charge in [-0.3, -0.25) is 4.79 Å². The monoisotopic (exact) mass is 445 g/mol. The SMILES string of the molecule is CN(C)[C@H](CNC(=O)c1ccc(S(=O)(=O)NCc2ccco2)cc1)c1cccc(F)c1. The summed E-state index contributed by atoms with van der Waals surface area (Å²) in [5, 5.41) is 2.82. The minimum atomic E-state index is -3.74. The van der Waals surface area contributed by atoms with Crippen LogP contribution in [0, 0.1) is 5.82 Å². The summed E-state index contributed by atoms with van der Waals surface area (Å²) in [4.78, 5) is 14.5. The predicted molar refractivity (Wildman–Crippen MR) is 114 cm³/mol. The highest BCUT2D eigenvalue weighted by Gasteiger charge is 2.18.